The van der Waals surface area contributed by atoms with E-state index in [4.69, 9.17) is 11.6 Å². The number of carbonyl (C=O) groups excluding carboxylic acids is 1. The molecule has 1 heterocycles. The predicted octanol–water partition coefficient (Wildman–Crippen LogP) is 1.88. The Morgan fingerprint density at radius 2 is 2.30 bits per heavy atom. The molecule has 1 aromatic heterocycles. The minimum atomic E-state index is 0.0440. The number of carbonyl (C=O) groups is 1. The van der Waals surface area contributed by atoms with E-state index in [0.717, 1.165) is 0 Å². The molecular weight excluding hydrogens is 150 g/mol. The predicted molar refractivity (Wildman–Crippen MR) is 40.4 cm³/mol. The third-order valence-corrected chi connectivity index (χ3v) is 1.73. The average Bonchev–Trinajstić information content (AvgIpc) is 2.13. The second-order valence-corrected chi connectivity index (χ2v) is 2.61. The Balaban J connectivity index is 3.10. The average molecular weight is 158 g/mol. The summed E-state index contributed by atoms with van der Waals surface area (Å²) in [6.45, 7) is 1.52. The number of aromatic nitrogens is 1. The van der Waals surface area contributed by atoms with E-state index in [9.17, 15) is 4.79 Å². The van der Waals surface area contributed by atoms with Crippen LogP contribution in [0.1, 0.15) is 17.3 Å². The summed E-state index contributed by atoms with van der Waals surface area (Å²) < 4.78 is 1.71. The molecule has 0 aliphatic rings. The second-order valence-electron chi connectivity index (χ2n) is 2.22. The zero-order chi connectivity index (χ0) is 7.72. The van der Waals surface area contributed by atoms with E-state index in [1.165, 1.54) is 6.92 Å². The summed E-state index contributed by atoms with van der Waals surface area (Å²) in [7, 11) is 1.80. The molecule has 0 atom stereocenters. The molecule has 0 bridgehead atoms. The van der Waals surface area contributed by atoms with Crippen LogP contribution in [0.4, 0.5) is 0 Å². The number of Topliss-reactive ketones (excluding diaryl/α,β-unsaturated/α-hetero) is 1. The van der Waals surface area contributed by atoms with Gasteiger partial charge < -0.3 is 4.57 Å². The Morgan fingerprint density at radius 1 is 1.70 bits per heavy atom. The maximum absolute atomic E-state index is 10.7. The van der Waals surface area contributed by atoms with E-state index >= 15 is 0 Å². The molecule has 2 nitrogen and oxygen atoms in total. The van der Waals surface area contributed by atoms with Gasteiger partial charge >= 0.3 is 0 Å². The van der Waals surface area contributed by atoms with Crippen LogP contribution >= 0.6 is 11.6 Å². The van der Waals surface area contributed by atoms with Gasteiger partial charge in [0.25, 0.3) is 0 Å². The van der Waals surface area contributed by atoms with Gasteiger partial charge in [0.2, 0.25) is 0 Å². The van der Waals surface area contributed by atoms with E-state index in [2.05, 4.69) is 0 Å². The number of hydrogen-bond acceptors (Lipinski definition) is 1. The Labute approximate surface area is 64.4 Å². The van der Waals surface area contributed by atoms with Crippen molar-refractivity contribution >= 4 is 17.4 Å². The normalized spacial score (nSPS) is 9.90. The van der Waals surface area contributed by atoms with Gasteiger partial charge in [-0.2, -0.15) is 0 Å². The molecule has 0 amide bonds. The zero-order valence-corrected chi connectivity index (χ0v) is 6.64. The van der Waals surface area contributed by atoms with Gasteiger partial charge in [0.1, 0.15) is 5.15 Å². The molecule has 0 aliphatic heterocycles. The SMILES string of the molecule is CC(=O)c1cc(Cl)n(C)c1. The summed E-state index contributed by atoms with van der Waals surface area (Å²) in [5, 5.41) is 0.588. The molecule has 0 saturated heterocycles. The second kappa shape index (κ2) is 2.46. The molecule has 0 aliphatic carbocycles. The highest BCUT2D eigenvalue weighted by Gasteiger charge is 2.03. The lowest BCUT2D eigenvalue weighted by Crippen LogP contribution is -1.88. The highest BCUT2D eigenvalue weighted by atomic mass is 35.5. The van der Waals surface area contributed by atoms with Gasteiger partial charge in [-0.15, -0.1) is 0 Å². The summed E-state index contributed by atoms with van der Waals surface area (Å²) in [6, 6.07) is 1.66. The van der Waals surface area contributed by atoms with Gasteiger partial charge in [-0.3, -0.25) is 4.79 Å². The fourth-order valence-electron chi connectivity index (χ4n) is 0.730. The van der Waals surface area contributed by atoms with Crippen molar-refractivity contribution in [2.75, 3.05) is 0 Å². The van der Waals surface area contributed by atoms with Crippen LogP contribution in [0.2, 0.25) is 5.15 Å². The van der Waals surface area contributed by atoms with Crippen molar-refractivity contribution in [3.63, 3.8) is 0 Å². The van der Waals surface area contributed by atoms with Crippen molar-refractivity contribution in [3.05, 3.63) is 23.0 Å². The highest BCUT2D eigenvalue weighted by Crippen LogP contribution is 2.12. The first-order chi connectivity index (χ1) is 4.61. The summed E-state index contributed by atoms with van der Waals surface area (Å²) in [5.41, 5.74) is 0.660. The van der Waals surface area contributed by atoms with Crippen LogP contribution in [0.3, 0.4) is 0 Å². The molecule has 0 aromatic carbocycles. The van der Waals surface area contributed by atoms with Gasteiger partial charge in [-0.25, -0.2) is 0 Å². The minimum absolute atomic E-state index is 0.0440. The Kier molecular flexibility index (Phi) is 1.81. The molecular formula is C7H8ClNO. The molecule has 10 heavy (non-hydrogen) atoms. The number of aryl methyl sites for hydroxylation is 1. The summed E-state index contributed by atoms with van der Waals surface area (Å²) in [5.74, 6) is 0.0440. The van der Waals surface area contributed by atoms with Crippen molar-refractivity contribution in [2.45, 2.75) is 6.92 Å². The first-order valence-electron chi connectivity index (χ1n) is 2.94. The Bertz CT molecular complexity index is 245. The lowest BCUT2D eigenvalue weighted by Gasteiger charge is -1.87. The van der Waals surface area contributed by atoms with Crippen LogP contribution in [0.25, 0.3) is 0 Å². The maximum Gasteiger partial charge on any atom is 0.161 e. The molecule has 0 saturated carbocycles. The fourth-order valence-corrected chi connectivity index (χ4v) is 0.897. The fraction of sp³-hybridized carbons (Fsp3) is 0.286. The van der Waals surface area contributed by atoms with E-state index in [1.54, 1.807) is 23.9 Å². The topological polar surface area (TPSA) is 22.0 Å². The quantitative estimate of drug-likeness (QED) is 0.571. The van der Waals surface area contributed by atoms with Crippen LogP contribution in [0.5, 0.6) is 0 Å². The smallest absolute Gasteiger partial charge is 0.161 e. The molecule has 1 aromatic rings. The molecule has 1 rings (SSSR count). The molecule has 0 N–H and O–H groups in total. The van der Waals surface area contributed by atoms with Gasteiger partial charge in [-0.1, -0.05) is 11.6 Å². The van der Waals surface area contributed by atoms with Crippen molar-refractivity contribution in [3.8, 4) is 0 Å². The molecule has 3 heteroatoms. The van der Waals surface area contributed by atoms with E-state index in [-0.39, 0.29) is 5.78 Å². The zero-order valence-electron chi connectivity index (χ0n) is 5.89. The van der Waals surface area contributed by atoms with Crippen molar-refractivity contribution in [1.82, 2.24) is 4.57 Å². The first kappa shape index (κ1) is 7.35. The number of ketones is 1. The summed E-state index contributed by atoms with van der Waals surface area (Å²) >= 11 is 5.68. The van der Waals surface area contributed by atoms with E-state index < -0.39 is 0 Å². The van der Waals surface area contributed by atoms with Gasteiger partial charge in [0.05, 0.1) is 0 Å². The summed E-state index contributed by atoms with van der Waals surface area (Å²) in [6.07, 6.45) is 1.71. The molecule has 54 valence electrons. The van der Waals surface area contributed by atoms with Crippen LogP contribution in [-0.2, 0) is 7.05 Å². The molecule has 0 spiro atoms. The molecule has 0 unspecified atom stereocenters. The highest BCUT2D eigenvalue weighted by molar-refractivity contribution is 6.30. The van der Waals surface area contributed by atoms with Crippen molar-refractivity contribution in [2.24, 2.45) is 7.05 Å². The minimum Gasteiger partial charge on any atom is -0.341 e. The third kappa shape index (κ3) is 1.21. The molecule has 0 radical (unpaired) electrons. The third-order valence-electron chi connectivity index (χ3n) is 1.35. The molecule has 0 fully saturated rings. The van der Waals surface area contributed by atoms with Crippen LogP contribution in [0, 0.1) is 0 Å². The first-order valence-corrected chi connectivity index (χ1v) is 3.32. The number of rotatable bonds is 1. The van der Waals surface area contributed by atoms with E-state index in [1.807, 2.05) is 0 Å². The number of halogens is 1. The Morgan fingerprint density at radius 3 is 2.50 bits per heavy atom. The number of hydrogen-bond donors (Lipinski definition) is 0. The Hall–Kier alpha value is -0.760. The van der Waals surface area contributed by atoms with Crippen molar-refractivity contribution in [1.29, 1.82) is 0 Å². The summed E-state index contributed by atoms with van der Waals surface area (Å²) in [4.78, 5) is 10.7. The van der Waals surface area contributed by atoms with Crippen LogP contribution < -0.4 is 0 Å². The van der Waals surface area contributed by atoms with Crippen LogP contribution in [0.15, 0.2) is 12.3 Å². The van der Waals surface area contributed by atoms with Crippen LogP contribution in [-0.4, -0.2) is 10.4 Å². The largest absolute Gasteiger partial charge is 0.341 e. The monoisotopic (exact) mass is 157 g/mol. The van der Waals surface area contributed by atoms with Gasteiger partial charge in [-0.05, 0) is 13.0 Å². The van der Waals surface area contributed by atoms with Gasteiger partial charge in [0.15, 0.2) is 5.78 Å². The van der Waals surface area contributed by atoms with E-state index in [0.29, 0.717) is 10.7 Å². The standard InChI is InChI=1S/C7H8ClNO/c1-5(10)6-3-7(8)9(2)4-6/h3-4H,1-2H3. The van der Waals surface area contributed by atoms with Gasteiger partial charge in [0, 0.05) is 18.8 Å². The lowest BCUT2D eigenvalue weighted by molar-refractivity contribution is 0.101. The maximum atomic E-state index is 10.7. The lowest BCUT2D eigenvalue weighted by atomic mass is 10.2. The number of nitrogens with zero attached hydrogens (tertiary/aromatic N) is 1. The van der Waals surface area contributed by atoms with Crippen molar-refractivity contribution < 1.29 is 4.79 Å².